The monoisotopic (exact) mass is 461 g/mol. The summed E-state index contributed by atoms with van der Waals surface area (Å²) < 4.78 is 5.42. The maximum Gasteiger partial charge on any atom is 0.310 e. The van der Waals surface area contributed by atoms with Crippen LogP contribution < -0.4 is 5.32 Å². The number of aryl methyl sites for hydroxylation is 1. The molecule has 1 aliphatic heterocycles. The van der Waals surface area contributed by atoms with Gasteiger partial charge in [-0.15, -0.1) is 0 Å². The van der Waals surface area contributed by atoms with E-state index in [1.165, 1.54) is 37.9 Å². The van der Waals surface area contributed by atoms with E-state index < -0.39 is 11.7 Å². The number of nitrogens with one attached hydrogen (secondary N) is 1. The van der Waals surface area contributed by atoms with Crippen LogP contribution in [0.25, 0.3) is 32.3 Å². The van der Waals surface area contributed by atoms with E-state index in [1.807, 2.05) is 0 Å². The minimum atomic E-state index is -0.635. The number of ether oxygens (including phenoxy) is 1. The number of esters is 1. The Hall–Kier alpha value is -4.25. The number of hydrogen-bond donors (Lipinski definition) is 1. The van der Waals surface area contributed by atoms with E-state index in [2.05, 4.69) is 59.9 Å². The van der Waals surface area contributed by atoms with Gasteiger partial charge in [0.05, 0.1) is 24.3 Å². The van der Waals surface area contributed by atoms with E-state index in [-0.39, 0.29) is 12.4 Å². The highest BCUT2D eigenvalue weighted by Crippen LogP contribution is 2.36. The molecule has 1 heterocycles. The second-order valence-electron chi connectivity index (χ2n) is 9.10. The molecule has 172 valence electrons. The van der Waals surface area contributed by atoms with Gasteiger partial charge in [-0.25, -0.2) is 0 Å². The van der Waals surface area contributed by atoms with Crippen molar-refractivity contribution in [1.82, 2.24) is 0 Å². The number of fused-ring (bicyclic) bond motifs is 1. The molecule has 0 aromatic heterocycles. The quantitative estimate of drug-likeness (QED) is 0.143. The lowest BCUT2D eigenvalue weighted by Crippen LogP contribution is -2.12. The van der Waals surface area contributed by atoms with Crippen LogP contribution in [0.4, 0.5) is 5.69 Å². The third-order valence-electron chi connectivity index (χ3n) is 6.85. The Kier molecular flexibility index (Phi) is 5.18. The topological polar surface area (TPSA) is 72.5 Å². The van der Waals surface area contributed by atoms with Gasteiger partial charge in [0.25, 0.3) is 11.7 Å². The smallest absolute Gasteiger partial charge is 0.310 e. The Morgan fingerprint density at radius 1 is 0.800 bits per heavy atom. The van der Waals surface area contributed by atoms with Crippen LogP contribution in [0.2, 0.25) is 0 Å². The normalized spacial score (nSPS) is 13.0. The van der Waals surface area contributed by atoms with E-state index in [1.54, 1.807) is 18.2 Å². The van der Waals surface area contributed by atoms with Crippen molar-refractivity contribution in [3.63, 3.8) is 0 Å². The summed E-state index contributed by atoms with van der Waals surface area (Å²) >= 11 is 0. The summed E-state index contributed by atoms with van der Waals surface area (Å²) in [6.07, 6.45) is 2.68. The molecular weight excluding hydrogens is 438 g/mol. The van der Waals surface area contributed by atoms with Crippen LogP contribution >= 0.6 is 0 Å². The molecule has 0 unspecified atom stereocenters. The molecule has 1 amide bonds. The molecule has 35 heavy (non-hydrogen) atoms. The lowest BCUT2D eigenvalue weighted by molar-refractivity contribution is -0.142. The van der Waals surface area contributed by atoms with Gasteiger partial charge in [0.1, 0.15) is 0 Å². The van der Waals surface area contributed by atoms with E-state index in [9.17, 15) is 14.4 Å². The van der Waals surface area contributed by atoms with Gasteiger partial charge < -0.3 is 10.1 Å². The Labute approximate surface area is 202 Å². The molecule has 0 aliphatic carbocycles. The number of amides is 1. The number of carbonyl (C=O) groups excluding carboxylic acids is 3. The average Bonchev–Trinajstić information content (AvgIpc) is 3.15. The Balaban J connectivity index is 1.07. The van der Waals surface area contributed by atoms with Gasteiger partial charge in [0.2, 0.25) is 0 Å². The first-order valence-electron chi connectivity index (χ1n) is 11.9. The van der Waals surface area contributed by atoms with E-state index >= 15 is 0 Å². The highest BCUT2D eigenvalue weighted by Gasteiger charge is 2.28. The molecule has 0 saturated carbocycles. The number of rotatable bonds is 7. The van der Waals surface area contributed by atoms with Gasteiger partial charge in [0.15, 0.2) is 0 Å². The minimum absolute atomic E-state index is 0.0732. The first-order chi connectivity index (χ1) is 17.1. The Bertz CT molecular complexity index is 1620. The van der Waals surface area contributed by atoms with Crippen LogP contribution in [0, 0.1) is 0 Å². The minimum Gasteiger partial charge on any atom is -0.465 e. The summed E-state index contributed by atoms with van der Waals surface area (Å²) in [5.74, 6) is -1.54. The SMILES string of the molecule is O=C(Cc1ccc2c(c1)C(=O)C(=O)N2)OCCCCc1ccc2ccc3cccc4ccc1c2c34. The van der Waals surface area contributed by atoms with Gasteiger partial charge in [-0.05, 0) is 74.8 Å². The molecule has 5 nitrogen and oxygen atoms in total. The molecule has 1 N–H and O–H groups in total. The predicted octanol–water partition coefficient (Wildman–Crippen LogP) is 5.83. The van der Waals surface area contributed by atoms with Crippen molar-refractivity contribution in [2.45, 2.75) is 25.7 Å². The van der Waals surface area contributed by atoms with E-state index in [0.29, 0.717) is 23.4 Å². The summed E-state index contributed by atoms with van der Waals surface area (Å²) in [5, 5.41) is 10.2. The highest BCUT2D eigenvalue weighted by molar-refractivity contribution is 6.51. The van der Waals surface area contributed by atoms with Gasteiger partial charge in [-0.2, -0.15) is 0 Å². The van der Waals surface area contributed by atoms with E-state index in [4.69, 9.17) is 4.74 Å². The highest BCUT2D eigenvalue weighted by atomic mass is 16.5. The number of benzene rings is 5. The second-order valence-corrected chi connectivity index (χ2v) is 9.10. The third-order valence-corrected chi connectivity index (χ3v) is 6.85. The number of carbonyl (C=O) groups is 3. The first kappa shape index (κ1) is 21.3. The molecule has 0 bridgehead atoms. The number of Topliss-reactive ketones (excluding diaryl/α,β-unsaturated/α-hetero) is 1. The van der Waals surface area contributed by atoms with E-state index in [0.717, 1.165) is 19.3 Å². The molecule has 0 radical (unpaired) electrons. The number of hydrogen-bond acceptors (Lipinski definition) is 4. The fourth-order valence-electron chi connectivity index (χ4n) is 5.13. The van der Waals surface area contributed by atoms with Crippen molar-refractivity contribution < 1.29 is 19.1 Å². The summed E-state index contributed by atoms with van der Waals surface area (Å²) in [4.78, 5) is 35.6. The van der Waals surface area contributed by atoms with Gasteiger partial charge in [-0.1, -0.05) is 60.7 Å². The number of anilines is 1. The van der Waals surface area contributed by atoms with Crippen LogP contribution in [0.5, 0.6) is 0 Å². The Morgan fingerprint density at radius 2 is 1.54 bits per heavy atom. The van der Waals surface area contributed by atoms with Gasteiger partial charge >= 0.3 is 5.97 Å². The van der Waals surface area contributed by atoms with Crippen LogP contribution in [0.15, 0.2) is 72.8 Å². The summed E-state index contributed by atoms with van der Waals surface area (Å²) in [5.41, 5.74) is 2.78. The fraction of sp³-hybridized carbons (Fsp3) is 0.167. The van der Waals surface area contributed by atoms with Crippen LogP contribution in [-0.4, -0.2) is 24.3 Å². The maximum absolute atomic E-state index is 12.3. The maximum atomic E-state index is 12.3. The lowest BCUT2D eigenvalue weighted by atomic mass is 9.91. The molecule has 0 atom stereocenters. The third kappa shape index (κ3) is 3.79. The standard InChI is InChI=1S/C30H23NO4/c32-26(17-18-7-14-25-24(16-18)29(33)30(34)31-25)35-15-2-1-4-19-8-9-22-11-10-20-5-3-6-21-12-13-23(19)28(22)27(20)21/h3,5-14,16H,1-2,4,15,17H2,(H,31,33,34). The zero-order valence-corrected chi connectivity index (χ0v) is 19.1. The Morgan fingerprint density at radius 3 is 2.37 bits per heavy atom. The number of ketones is 1. The zero-order valence-electron chi connectivity index (χ0n) is 19.1. The molecule has 0 spiro atoms. The summed E-state index contributed by atoms with van der Waals surface area (Å²) in [6, 6.07) is 24.6. The van der Waals surface area contributed by atoms with Gasteiger partial charge in [-0.3, -0.25) is 14.4 Å². The van der Waals surface area contributed by atoms with Crippen molar-refractivity contribution in [2.75, 3.05) is 11.9 Å². The van der Waals surface area contributed by atoms with Crippen LogP contribution in [0.1, 0.15) is 34.3 Å². The average molecular weight is 462 g/mol. The summed E-state index contributed by atoms with van der Waals surface area (Å²) in [6.45, 7) is 0.356. The molecule has 5 aromatic carbocycles. The zero-order chi connectivity index (χ0) is 23.9. The molecule has 0 saturated heterocycles. The van der Waals surface area contributed by atoms with Crippen molar-refractivity contribution in [3.05, 3.63) is 89.5 Å². The van der Waals surface area contributed by atoms with Crippen LogP contribution in [0.3, 0.4) is 0 Å². The molecule has 5 aromatic rings. The lowest BCUT2D eigenvalue weighted by Gasteiger charge is -2.14. The molecule has 0 fully saturated rings. The van der Waals surface area contributed by atoms with Gasteiger partial charge in [0, 0.05) is 0 Å². The second kappa shape index (κ2) is 8.51. The molecule has 5 heteroatoms. The summed E-state index contributed by atoms with van der Waals surface area (Å²) in [7, 11) is 0. The van der Waals surface area contributed by atoms with Crippen molar-refractivity contribution >= 4 is 55.7 Å². The first-order valence-corrected chi connectivity index (χ1v) is 11.9. The number of unbranched alkanes of at least 4 members (excludes halogenated alkanes) is 1. The van der Waals surface area contributed by atoms with Crippen molar-refractivity contribution in [3.8, 4) is 0 Å². The molecule has 6 rings (SSSR count). The van der Waals surface area contributed by atoms with Crippen LogP contribution in [-0.2, 0) is 27.2 Å². The molecular formula is C30H23NO4. The molecule has 1 aliphatic rings. The van der Waals surface area contributed by atoms with Crippen molar-refractivity contribution in [2.24, 2.45) is 0 Å². The fourth-order valence-corrected chi connectivity index (χ4v) is 5.13. The van der Waals surface area contributed by atoms with Crippen molar-refractivity contribution in [1.29, 1.82) is 0 Å². The largest absolute Gasteiger partial charge is 0.465 e. The predicted molar refractivity (Wildman–Crippen MR) is 137 cm³/mol.